The van der Waals surface area contributed by atoms with Gasteiger partial charge in [0.15, 0.2) is 0 Å². The van der Waals surface area contributed by atoms with Crippen LogP contribution in [0.3, 0.4) is 0 Å². The molecule has 1 fully saturated rings. The number of aromatic nitrogens is 3. The number of hydrogen-bond acceptors (Lipinski definition) is 4. The predicted octanol–water partition coefficient (Wildman–Crippen LogP) is 4.31. The molecule has 0 atom stereocenters. The van der Waals surface area contributed by atoms with Crippen LogP contribution in [0, 0.1) is 0 Å². The van der Waals surface area contributed by atoms with E-state index in [1.807, 2.05) is 55.0 Å². The summed E-state index contributed by atoms with van der Waals surface area (Å²) in [5.41, 5.74) is 4.64. The number of nitrogens with zero attached hydrogens (tertiary/aromatic N) is 3. The van der Waals surface area contributed by atoms with Gasteiger partial charge in [-0.3, -0.25) is 4.98 Å². The van der Waals surface area contributed by atoms with Crippen molar-refractivity contribution in [3.63, 3.8) is 0 Å². The van der Waals surface area contributed by atoms with Crippen LogP contribution in [-0.2, 0) is 37.2 Å². The van der Waals surface area contributed by atoms with Gasteiger partial charge in [-0.05, 0) is 18.9 Å². The zero-order chi connectivity index (χ0) is 23.3. The first kappa shape index (κ1) is 22.8. The van der Waals surface area contributed by atoms with E-state index in [0.717, 1.165) is 45.1 Å². The van der Waals surface area contributed by atoms with Crippen molar-refractivity contribution in [3.05, 3.63) is 96.0 Å². The van der Waals surface area contributed by atoms with E-state index in [1.54, 1.807) is 6.20 Å². The molecule has 2 aromatic heterocycles. The number of fused-ring (bicyclic) bond motifs is 2. The van der Waals surface area contributed by atoms with Crippen LogP contribution in [0.15, 0.2) is 73.4 Å². The molecule has 1 aliphatic carbocycles. The second kappa shape index (κ2) is 10.5. The number of rotatable bonds is 2. The summed E-state index contributed by atoms with van der Waals surface area (Å²) in [5, 5.41) is 2.90. The maximum atomic E-state index is 13.1. The molecule has 0 unspecified atom stereocenters. The van der Waals surface area contributed by atoms with E-state index in [-0.39, 0.29) is 5.91 Å². The van der Waals surface area contributed by atoms with Crippen LogP contribution in [0.2, 0.25) is 0 Å². The fourth-order valence-electron chi connectivity index (χ4n) is 4.00. The van der Waals surface area contributed by atoms with E-state index in [4.69, 9.17) is 4.74 Å². The average molecular weight is 622 g/mol. The fraction of sp³-hybridized carbons (Fsp3) is 0.259. The third-order valence-electron chi connectivity index (χ3n) is 6.02. The number of imidazole rings is 1. The average Bonchev–Trinajstić information content (AvgIpc) is 3.61. The Labute approximate surface area is 210 Å². The molecule has 34 heavy (non-hydrogen) atoms. The van der Waals surface area contributed by atoms with Crippen LogP contribution in [-0.4, -0.2) is 30.9 Å². The molecule has 1 saturated carbocycles. The Morgan fingerprint density at radius 3 is 2.79 bits per heavy atom. The molecule has 1 aliphatic heterocycles. The molecular weight excluding hydrogens is 596 g/mol. The van der Waals surface area contributed by atoms with Gasteiger partial charge in [0.1, 0.15) is 0 Å². The van der Waals surface area contributed by atoms with Crippen molar-refractivity contribution in [2.75, 3.05) is 6.61 Å². The molecule has 0 saturated heterocycles. The molecular formula is C27H26N4O2W. The summed E-state index contributed by atoms with van der Waals surface area (Å²) in [4.78, 5) is 22.2. The molecule has 7 heteroatoms. The van der Waals surface area contributed by atoms with Gasteiger partial charge in [-0.1, -0.05) is 0 Å². The van der Waals surface area contributed by atoms with Crippen molar-refractivity contribution in [1.82, 2.24) is 19.9 Å². The fourth-order valence-corrected chi connectivity index (χ4v) is 4.89. The monoisotopic (exact) mass is 622 g/mol. The third kappa shape index (κ3) is 5.40. The normalized spacial score (nSPS) is 17.2. The van der Waals surface area contributed by atoms with Crippen molar-refractivity contribution >= 4 is 9.81 Å². The van der Waals surface area contributed by atoms with Crippen molar-refractivity contribution in [2.24, 2.45) is 0 Å². The number of amides is 1. The Morgan fingerprint density at radius 1 is 1.09 bits per heavy atom. The first-order chi connectivity index (χ1) is 16.7. The Morgan fingerprint density at radius 2 is 1.97 bits per heavy atom. The van der Waals surface area contributed by atoms with E-state index in [2.05, 4.69) is 32.0 Å². The molecule has 1 amide bonds. The maximum absolute atomic E-state index is 13.1. The van der Waals surface area contributed by atoms with Crippen LogP contribution < -0.4 is 5.32 Å². The van der Waals surface area contributed by atoms with Crippen LogP contribution in [0.1, 0.15) is 52.6 Å². The molecule has 0 bridgehead atoms. The number of aryl methyl sites for hydroxylation is 1. The Balaban J connectivity index is 1.38. The summed E-state index contributed by atoms with van der Waals surface area (Å²) < 4.78 is 9.27. The second-order valence-electron chi connectivity index (χ2n) is 8.52. The van der Waals surface area contributed by atoms with Crippen LogP contribution in [0.25, 0.3) is 11.1 Å². The van der Waals surface area contributed by atoms with Gasteiger partial charge in [-0.2, -0.15) is 0 Å². The number of pyridine rings is 1. The zero-order valence-electron chi connectivity index (χ0n) is 18.8. The molecule has 2 aliphatic rings. The SMILES string of the molecule is O=C1NC=CC=C[C](=[W])c2nccn2CCCOCc2ccc(-c3ccc(C4CC4)nc3)cc21. The number of allylic oxidation sites excluding steroid dienone is 3. The van der Waals surface area contributed by atoms with E-state index >= 15 is 0 Å². The van der Waals surface area contributed by atoms with Crippen molar-refractivity contribution < 1.29 is 28.9 Å². The summed E-state index contributed by atoms with van der Waals surface area (Å²) in [7, 11) is 0. The van der Waals surface area contributed by atoms with Gasteiger partial charge in [0.2, 0.25) is 0 Å². The van der Waals surface area contributed by atoms with E-state index in [0.29, 0.717) is 24.7 Å². The topological polar surface area (TPSA) is 69.0 Å². The van der Waals surface area contributed by atoms with Gasteiger partial charge in [0.05, 0.1) is 0 Å². The Hall–Kier alpha value is -2.95. The molecule has 172 valence electrons. The number of carbonyl (C=O) groups is 1. The number of ether oxygens (including phenoxy) is 1. The van der Waals surface area contributed by atoms with Gasteiger partial charge < -0.3 is 0 Å². The van der Waals surface area contributed by atoms with Crippen LogP contribution in [0.4, 0.5) is 0 Å². The number of hydrogen-bond donors (Lipinski definition) is 1. The van der Waals surface area contributed by atoms with E-state index in [9.17, 15) is 4.79 Å². The molecule has 6 nitrogen and oxygen atoms in total. The minimum atomic E-state index is -0.151. The van der Waals surface area contributed by atoms with Gasteiger partial charge in [0.25, 0.3) is 0 Å². The standard InChI is InChI=1S/C27H26N4O2.W/c32-27-24-17-21(22-10-11-25(30-18-22)20-6-7-20)8-9-23(24)19-33-16-4-14-31-15-13-28-26(31)5-2-1-3-12-29-27;/h1-3,8-13,15,17-18,20H,4,6-7,14,16,19H2,(H,29,32);. The first-order valence-corrected chi connectivity index (χ1v) is 13.0. The third-order valence-corrected chi connectivity index (χ3v) is 7.17. The molecule has 1 aromatic carbocycles. The van der Waals surface area contributed by atoms with Crippen molar-refractivity contribution in [1.29, 1.82) is 0 Å². The first-order valence-electron chi connectivity index (χ1n) is 11.6. The van der Waals surface area contributed by atoms with E-state index in [1.165, 1.54) is 32.2 Å². The Bertz CT molecular complexity index is 1260. The molecule has 5 rings (SSSR count). The summed E-state index contributed by atoms with van der Waals surface area (Å²) >= 11 is 1.34. The molecule has 0 spiro atoms. The van der Waals surface area contributed by atoms with Crippen molar-refractivity contribution in [2.45, 2.75) is 38.3 Å². The van der Waals surface area contributed by atoms with Gasteiger partial charge in [-0.15, -0.1) is 0 Å². The number of nitrogens with one attached hydrogen (secondary N) is 1. The van der Waals surface area contributed by atoms with E-state index < -0.39 is 0 Å². The summed E-state index contributed by atoms with van der Waals surface area (Å²) in [5.74, 6) is 1.45. The van der Waals surface area contributed by atoms with Gasteiger partial charge in [-0.25, -0.2) is 0 Å². The summed E-state index contributed by atoms with van der Waals surface area (Å²) in [6, 6.07) is 10.2. The van der Waals surface area contributed by atoms with Crippen LogP contribution in [0.5, 0.6) is 0 Å². The molecule has 3 heterocycles. The predicted molar refractivity (Wildman–Crippen MR) is 128 cm³/mol. The van der Waals surface area contributed by atoms with Gasteiger partial charge in [0, 0.05) is 11.6 Å². The minimum absolute atomic E-state index is 0.151. The zero-order valence-corrected chi connectivity index (χ0v) is 21.7. The van der Waals surface area contributed by atoms with Crippen LogP contribution >= 0.6 is 0 Å². The second-order valence-corrected chi connectivity index (χ2v) is 10.1. The van der Waals surface area contributed by atoms with Crippen molar-refractivity contribution in [3.8, 4) is 11.1 Å². The van der Waals surface area contributed by atoms with Gasteiger partial charge >= 0.3 is 175 Å². The molecule has 3 aromatic rings. The number of benzene rings is 1. The summed E-state index contributed by atoms with van der Waals surface area (Å²) in [6.07, 6.45) is 16.6. The Kier molecular flexibility index (Phi) is 7.07. The molecule has 0 radical (unpaired) electrons. The number of carbonyl (C=O) groups excluding carboxylic acids is 1. The summed E-state index contributed by atoms with van der Waals surface area (Å²) in [6.45, 7) is 1.83. The quantitative estimate of drug-likeness (QED) is 0.463. The molecule has 1 N–H and O–H groups in total.